The van der Waals surface area contributed by atoms with Gasteiger partial charge in [-0.2, -0.15) is 0 Å². The molecule has 0 radical (unpaired) electrons. The normalized spacial score (nSPS) is 10.8. The Kier molecular flexibility index (Phi) is 2.22. The third kappa shape index (κ3) is 1.61. The van der Waals surface area contributed by atoms with Gasteiger partial charge >= 0.3 is 0 Å². The third-order valence-electron chi connectivity index (χ3n) is 1.92. The molecule has 7 heteroatoms. The van der Waals surface area contributed by atoms with Crippen LogP contribution in [0.15, 0.2) is 41.3 Å². The van der Waals surface area contributed by atoms with Crippen molar-refractivity contribution in [3.05, 3.63) is 31.1 Å². The van der Waals surface area contributed by atoms with E-state index in [9.17, 15) is 0 Å². The first kappa shape index (κ1) is 9.22. The molecule has 16 heavy (non-hydrogen) atoms. The highest BCUT2D eigenvalue weighted by Crippen LogP contribution is 2.26. The third-order valence-corrected chi connectivity index (χ3v) is 2.81. The lowest BCUT2D eigenvalue weighted by molar-refractivity contribution is 0.959. The van der Waals surface area contributed by atoms with Gasteiger partial charge in [0, 0.05) is 12.4 Å². The van der Waals surface area contributed by atoms with E-state index in [1.165, 1.54) is 18.1 Å². The zero-order valence-electron chi connectivity index (χ0n) is 8.03. The zero-order valence-corrected chi connectivity index (χ0v) is 8.85. The van der Waals surface area contributed by atoms with Gasteiger partial charge in [0.1, 0.15) is 16.9 Å². The average Bonchev–Trinajstić information content (AvgIpc) is 2.80. The van der Waals surface area contributed by atoms with Gasteiger partial charge in [-0.1, -0.05) is 0 Å². The number of nitrogens with one attached hydrogen (secondary N) is 1. The molecule has 78 valence electrons. The topological polar surface area (TPSA) is 80.2 Å². The number of nitrogens with zero attached hydrogens (tertiary/aromatic N) is 5. The first-order valence-electron chi connectivity index (χ1n) is 4.52. The maximum absolute atomic E-state index is 4.17. The Morgan fingerprint density at radius 1 is 1.00 bits per heavy atom. The van der Waals surface area contributed by atoms with Gasteiger partial charge in [0.15, 0.2) is 10.8 Å². The molecule has 3 rings (SSSR count). The Bertz CT molecular complexity index is 607. The monoisotopic (exact) mass is 230 g/mol. The smallest absolute Gasteiger partial charge is 0.193 e. The summed E-state index contributed by atoms with van der Waals surface area (Å²) >= 11 is 1.38. The molecule has 0 amide bonds. The van der Waals surface area contributed by atoms with Gasteiger partial charge < -0.3 is 4.98 Å². The van der Waals surface area contributed by atoms with Gasteiger partial charge in [-0.05, 0) is 17.8 Å². The van der Waals surface area contributed by atoms with Crippen LogP contribution in [0.5, 0.6) is 0 Å². The molecule has 0 spiro atoms. The number of rotatable bonds is 2. The Hall–Kier alpha value is -2.02. The maximum Gasteiger partial charge on any atom is 0.193 e. The minimum Gasteiger partial charge on any atom is -0.341 e. The van der Waals surface area contributed by atoms with Crippen LogP contribution < -0.4 is 0 Å². The first-order chi connectivity index (χ1) is 7.93. The van der Waals surface area contributed by atoms with E-state index in [1.807, 2.05) is 0 Å². The van der Waals surface area contributed by atoms with Crippen molar-refractivity contribution < 1.29 is 0 Å². The molecule has 0 aromatic carbocycles. The highest BCUT2D eigenvalue weighted by Gasteiger charge is 2.08. The van der Waals surface area contributed by atoms with Crippen molar-refractivity contribution in [2.24, 2.45) is 0 Å². The quantitative estimate of drug-likeness (QED) is 0.528. The van der Waals surface area contributed by atoms with Gasteiger partial charge in [0.25, 0.3) is 0 Å². The van der Waals surface area contributed by atoms with E-state index in [-0.39, 0.29) is 0 Å². The molecule has 0 aliphatic carbocycles. The Balaban J connectivity index is 2.04. The lowest BCUT2D eigenvalue weighted by Crippen LogP contribution is -1.88. The van der Waals surface area contributed by atoms with Gasteiger partial charge in [-0.3, -0.25) is 0 Å². The summed E-state index contributed by atoms with van der Waals surface area (Å²) in [6.07, 6.45) is 6.46. The second-order valence-corrected chi connectivity index (χ2v) is 3.87. The largest absolute Gasteiger partial charge is 0.341 e. The zero-order chi connectivity index (χ0) is 10.8. The predicted molar refractivity (Wildman–Crippen MR) is 57.8 cm³/mol. The molecule has 1 N–H and O–H groups in total. The Morgan fingerprint density at radius 2 is 1.88 bits per heavy atom. The van der Waals surface area contributed by atoms with Crippen molar-refractivity contribution in [1.29, 1.82) is 0 Å². The minimum atomic E-state index is 0.647. The number of fused-ring (bicyclic) bond motifs is 1. The van der Waals surface area contributed by atoms with Crippen molar-refractivity contribution in [2.45, 2.75) is 10.2 Å². The summed E-state index contributed by atoms with van der Waals surface area (Å²) in [6.45, 7) is 0. The van der Waals surface area contributed by atoms with E-state index in [0.29, 0.717) is 10.8 Å². The van der Waals surface area contributed by atoms with Crippen molar-refractivity contribution >= 4 is 22.9 Å². The Morgan fingerprint density at radius 3 is 2.75 bits per heavy atom. The Labute approximate surface area is 94.6 Å². The maximum atomic E-state index is 4.17. The fourth-order valence-corrected chi connectivity index (χ4v) is 2.00. The van der Waals surface area contributed by atoms with Crippen molar-refractivity contribution in [1.82, 2.24) is 29.9 Å². The van der Waals surface area contributed by atoms with Crippen LogP contribution in [0.4, 0.5) is 0 Å². The molecule has 0 aliphatic rings. The summed E-state index contributed by atoms with van der Waals surface area (Å²) in [5, 5.41) is 1.42. The fourth-order valence-electron chi connectivity index (χ4n) is 1.24. The lowest BCUT2D eigenvalue weighted by atomic mass is 10.6. The minimum absolute atomic E-state index is 0.647. The molecule has 6 nitrogen and oxygen atoms in total. The molecular formula is C9H6N6S. The van der Waals surface area contributed by atoms with Gasteiger partial charge in [-0.25, -0.2) is 24.9 Å². The molecular weight excluding hydrogens is 224 g/mol. The number of hydrogen-bond donors (Lipinski definition) is 1. The van der Waals surface area contributed by atoms with Crippen LogP contribution in [0.3, 0.4) is 0 Å². The molecule has 3 aromatic heterocycles. The summed E-state index contributed by atoms with van der Waals surface area (Å²) in [4.78, 5) is 23.5. The number of H-pyrrole nitrogens is 1. The van der Waals surface area contributed by atoms with E-state index >= 15 is 0 Å². The first-order valence-corrected chi connectivity index (χ1v) is 5.34. The van der Waals surface area contributed by atoms with Crippen LogP contribution in [0, 0.1) is 0 Å². The van der Waals surface area contributed by atoms with E-state index in [0.717, 1.165) is 10.5 Å². The van der Waals surface area contributed by atoms with E-state index in [1.54, 1.807) is 24.8 Å². The van der Waals surface area contributed by atoms with E-state index in [2.05, 4.69) is 29.9 Å². The van der Waals surface area contributed by atoms with Gasteiger partial charge in [-0.15, -0.1) is 0 Å². The lowest BCUT2D eigenvalue weighted by Gasteiger charge is -1.98. The van der Waals surface area contributed by atoms with Crippen LogP contribution in [-0.4, -0.2) is 29.9 Å². The summed E-state index contributed by atoms with van der Waals surface area (Å²) in [7, 11) is 0. The van der Waals surface area contributed by atoms with Crippen LogP contribution in [0.1, 0.15) is 0 Å². The molecule has 0 fully saturated rings. The second-order valence-electron chi connectivity index (χ2n) is 2.91. The SMILES string of the molecule is c1cnc(Sc2ncnc3nc[nH]c23)nc1. The van der Waals surface area contributed by atoms with E-state index < -0.39 is 0 Å². The molecule has 0 atom stereocenters. The average molecular weight is 230 g/mol. The fraction of sp³-hybridized carbons (Fsp3) is 0. The summed E-state index contributed by atoms with van der Waals surface area (Å²) in [5.74, 6) is 0. The van der Waals surface area contributed by atoms with Crippen LogP contribution in [0.2, 0.25) is 0 Å². The van der Waals surface area contributed by atoms with Crippen LogP contribution in [-0.2, 0) is 0 Å². The molecule has 3 heterocycles. The standard InChI is InChI=1S/C9H6N6S/c1-2-10-9(11-3-1)16-8-6-7(13-4-12-6)14-5-15-8/h1-5H,(H,12,13,14,15). The van der Waals surface area contributed by atoms with Crippen LogP contribution >= 0.6 is 11.8 Å². The molecule has 3 aromatic rings. The number of imidazole rings is 1. The molecule has 0 aliphatic heterocycles. The number of aromatic amines is 1. The van der Waals surface area contributed by atoms with E-state index in [4.69, 9.17) is 0 Å². The predicted octanol–water partition coefficient (Wildman–Crippen LogP) is 1.29. The second kappa shape index (κ2) is 3.86. The number of hydrogen-bond acceptors (Lipinski definition) is 6. The molecule has 0 saturated heterocycles. The van der Waals surface area contributed by atoms with Crippen LogP contribution in [0.25, 0.3) is 11.2 Å². The molecule has 0 saturated carbocycles. The van der Waals surface area contributed by atoms with Gasteiger partial charge in [0.05, 0.1) is 6.33 Å². The molecule has 0 bridgehead atoms. The highest BCUT2D eigenvalue weighted by atomic mass is 32.2. The number of aromatic nitrogens is 6. The van der Waals surface area contributed by atoms with Crippen molar-refractivity contribution in [3.8, 4) is 0 Å². The molecule has 0 unspecified atom stereocenters. The summed E-state index contributed by atoms with van der Waals surface area (Å²) in [6, 6.07) is 1.77. The summed E-state index contributed by atoms with van der Waals surface area (Å²) in [5.41, 5.74) is 1.45. The van der Waals surface area contributed by atoms with Crippen molar-refractivity contribution in [3.63, 3.8) is 0 Å². The highest BCUT2D eigenvalue weighted by molar-refractivity contribution is 7.99. The summed E-state index contributed by atoms with van der Waals surface area (Å²) < 4.78 is 0. The van der Waals surface area contributed by atoms with Crippen molar-refractivity contribution in [2.75, 3.05) is 0 Å². The van der Waals surface area contributed by atoms with Gasteiger partial charge in [0.2, 0.25) is 0 Å².